The second-order valence-electron chi connectivity index (χ2n) is 12.8. The Balaban J connectivity index is 1.58. The van der Waals surface area contributed by atoms with Gasteiger partial charge in [-0.1, -0.05) is 12.1 Å². The van der Waals surface area contributed by atoms with E-state index in [1.54, 1.807) is 20.8 Å². The van der Waals surface area contributed by atoms with Crippen LogP contribution < -0.4 is 10.2 Å². The van der Waals surface area contributed by atoms with Crippen LogP contribution in [0, 0.1) is 17.1 Å². The number of hydrogen-bond donors (Lipinski definition) is 1. The molecule has 0 aliphatic carbocycles. The predicted octanol–water partition coefficient (Wildman–Crippen LogP) is 6.80. The monoisotopic (exact) mass is 689 g/mol. The minimum absolute atomic E-state index is 0.168. The fraction of sp³-hybridized carbons (Fsp3) is 0.375. The zero-order chi connectivity index (χ0) is 36.1. The van der Waals surface area contributed by atoms with Crippen LogP contribution in [0.2, 0.25) is 0 Å². The van der Waals surface area contributed by atoms with Gasteiger partial charge in [-0.2, -0.15) is 23.5 Å². The Kier molecular flexibility index (Phi) is 8.73. The first-order valence-corrected chi connectivity index (χ1v) is 14.7. The number of rotatable bonds is 6. The number of nitriles is 1. The Morgan fingerprint density at radius 1 is 1.10 bits per heavy atom. The number of carbonyl (C=O) groups is 2. The van der Waals surface area contributed by atoms with Gasteiger partial charge in [-0.3, -0.25) is 4.79 Å². The number of halogens is 6. The van der Waals surface area contributed by atoms with Crippen molar-refractivity contribution in [3.63, 3.8) is 0 Å². The van der Waals surface area contributed by atoms with Crippen molar-refractivity contribution in [1.82, 2.24) is 25.3 Å². The van der Waals surface area contributed by atoms with Gasteiger partial charge in [-0.25, -0.2) is 22.6 Å². The number of nitrogens with zero attached hydrogens (tertiary/aromatic N) is 6. The molecular weight excluding hydrogens is 660 g/mol. The summed E-state index contributed by atoms with van der Waals surface area (Å²) in [7, 11) is 0. The number of carbonyl (C=O) groups excluding carboxylic acids is 2. The molecule has 258 valence electrons. The van der Waals surface area contributed by atoms with Gasteiger partial charge in [0.1, 0.15) is 22.9 Å². The molecule has 0 unspecified atom stereocenters. The standard InChI is InChI=1S/C32H29F6N7O4/c1-29(2,3)49-28(47)40-22-14-31(34,35)20-13-21(33)19(25-41-42-27(48-25)30(4,5)16-39)12-23(20)44(26(22)46)15-17-6-8-18(9-7-17)45-11-10-24(43-45)32(36,37)38/h6-13,22H,14-15H2,1-5H3,(H,40,47)/t22-/m1/s1. The first-order valence-electron chi connectivity index (χ1n) is 14.7. The predicted molar refractivity (Wildman–Crippen MR) is 160 cm³/mol. The Labute approximate surface area is 275 Å². The third kappa shape index (κ3) is 7.37. The van der Waals surface area contributed by atoms with Crippen molar-refractivity contribution >= 4 is 17.7 Å². The molecule has 17 heteroatoms. The summed E-state index contributed by atoms with van der Waals surface area (Å²) >= 11 is 0. The molecule has 5 rings (SSSR count). The normalized spacial score (nSPS) is 16.5. The van der Waals surface area contributed by atoms with Crippen LogP contribution in [-0.4, -0.2) is 43.6 Å². The van der Waals surface area contributed by atoms with Crippen molar-refractivity contribution in [1.29, 1.82) is 5.26 Å². The van der Waals surface area contributed by atoms with Gasteiger partial charge >= 0.3 is 12.3 Å². The quantitative estimate of drug-likeness (QED) is 0.218. The van der Waals surface area contributed by atoms with E-state index in [1.165, 1.54) is 38.1 Å². The molecular formula is C32H29F6N7O4. The molecule has 0 saturated carbocycles. The maximum Gasteiger partial charge on any atom is 0.435 e. The first-order chi connectivity index (χ1) is 22.7. The number of nitrogens with one attached hydrogen (secondary N) is 1. The van der Waals surface area contributed by atoms with Crippen LogP contribution in [0.15, 0.2) is 53.1 Å². The summed E-state index contributed by atoms with van der Waals surface area (Å²) in [6.45, 7) is 7.18. The average molecular weight is 690 g/mol. The highest BCUT2D eigenvalue weighted by Gasteiger charge is 2.47. The molecule has 49 heavy (non-hydrogen) atoms. The molecule has 0 spiro atoms. The smallest absolute Gasteiger partial charge is 0.435 e. The molecule has 0 radical (unpaired) electrons. The number of fused-ring (bicyclic) bond motifs is 1. The Hall–Kier alpha value is -5.40. The lowest BCUT2D eigenvalue weighted by Crippen LogP contribution is -2.49. The van der Waals surface area contributed by atoms with Crippen LogP contribution in [0.25, 0.3) is 17.1 Å². The number of benzene rings is 2. The fourth-order valence-electron chi connectivity index (χ4n) is 4.92. The summed E-state index contributed by atoms with van der Waals surface area (Å²) in [5, 5.41) is 22.7. The second kappa shape index (κ2) is 12.2. The van der Waals surface area contributed by atoms with E-state index in [2.05, 4.69) is 20.6 Å². The Morgan fingerprint density at radius 2 is 1.78 bits per heavy atom. The van der Waals surface area contributed by atoms with Crippen LogP contribution in [0.3, 0.4) is 0 Å². The van der Waals surface area contributed by atoms with Gasteiger partial charge in [0.05, 0.1) is 29.6 Å². The third-order valence-corrected chi connectivity index (χ3v) is 7.38. The van der Waals surface area contributed by atoms with E-state index in [1.807, 2.05) is 6.07 Å². The molecule has 0 bridgehead atoms. The van der Waals surface area contributed by atoms with Crippen molar-refractivity contribution in [3.05, 3.63) is 77.2 Å². The lowest BCUT2D eigenvalue weighted by molar-refractivity contribution is -0.141. The summed E-state index contributed by atoms with van der Waals surface area (Å²) < 4.78 is 98.3. The largest absolute Gasteiger partial charge is 0.444 e. The van der Waals surface area contributed by atoms with Crippen molar-refractivity contribution in [2.75, 3.05) is 4.90 Å². The minimum atomic E-state index is -4.66. The summed E-state index contributed by atoms with van der Waals surface area (Å²) in [4.78, 5) is 27.6. The summed E-state index contributed by atoms with van der Waals surface area (Å²) in [5.41, 5.74) is -4.59. The van der Waals surface area contributed by atoms with Gasteiger partial charge in [0.15, 0.2) is 5.69 Å². The Morgan fingerprint density at radius 3 is 2.37 bits per heavy atom. The van der Waals surface area contributed by atoms with Crippen LogP contribution in [0.1, 0.15) is 63.8 Å². The first kappa shape index (κ1) is 34.9. The van der Waals surface area contributed by atoms with Gasteiger partial charge in [0.25, 0.3) is 11.8 Å². The van der Waals surface area contributed by atoms with Crippen molar-refractivity contribution in [2.45, 2.75) is 76.7 Å². The van der Waals surface area contributed by atoms with Gasteiger partial charge in [-0.15, -0.1) is 10.2 Å². The zero-order valence-electron chi connectivity index (χ0n) is 26.7. The second-order valence-corrected chi connectivity index (χ2v) is 12.8. The maximum atomic E-state index is 15.9. The number of amides is 2. The zero-order valence-corrected chi connectivity index (χ0v) is 26.7. The molecule has 1 N–H and O–H groups in total. The highest BCUT2D eigenvalue weighted by Crippen LogP contribution is 2.45. The third-order valence-electron chi connectivity index (χ3n) is 7.38. The number of ether oxygens (including phenoxy) is 1. The molecule has 3 heterocycles. The van der Waals surface area contributed by atoms with Gasteiger partial charge < -0.3 is 19.4 Å². The van der Waals surface area contributed by atoms with Crippen LogP contribution >= 0.6 is 0 Å². The molecule has 2 amide bonds. The van der Waals surface area contributed by atoms with E-state index in [0.717, 1.165) is 27.9 Å². The van der Waals surface area contributed by atoms with Gasteiger partial charge in [0.2, 0.25) is 11.8 Å². The van der Waals surface area contributed by atoms with E-state index >= 15 is 13.2 Å². The van der Waals surface area contributed by atoms with Crippen LogP contribution in [0.4, 0.5) is 36.8 Å². The number of hydrogen-bond acceptors (Lipinski definition) is 8. The number of anilines is 1. The Bertz CT molecular complexity index is 1940. The number of alkyl halides is 5. The fourth-order valence-corrected chi connectivity index (χ4v) is 4.92. The van der Waals surface area contributed by atoms with Crippen LogP contribution in [0.5, 0.6) is 0 Å². The van der Waals surface area contributed by atoms with E-state index in [9.17, 15) is 28.0 Å². The van der Waals surface area contributed by atoms with E-state index < -0.39 is 88.3 Å². The SMILES string of the molecule is CC(C)(C)OC(=O)N[C@@H]1CC(F)(F)c2cc(F)c(-c3nnc(C(C)(C)C#N)o3)cc2N(Cc2ccc(-n3ccc(C(F)(F)F)n3)cc2)C1=O. The molecule has 11 nitrogen and oxygen atoms in total. The molecule has 1 aliphatic heterocycles. The van der Waals surface area contributed by atoms with Crippen molar-refractivity contribution < 1.29 is 45.1 Å². The molecule has 1 atom stereocenters. The average Bonchev–Trinajstić information content (AvgIpc) is 3.69. The molecule has 0 saturated heterocycles. The summed E-state index contributed by atoms with van der Waals surface area (Å²) in [6, 6.07) is 8.10. The summed E-state index contributed by atoms with van der Waals surface area (Å²) in [6.07, 6.45) is -5.93. The maximum absolute atomic E-state index is 15.9. The molecule has 4 aromatic rings. The van der Waals surface area contributed by atoms with E-state index in [-0.39, 0.29) is 11.6 Å². The van der Waals surface area contributed by atoms with E-state index in [0.29, 0.717) is 11.6 Å². The van der Waals surface area contributed by atoms with Crippen molar-refractivity contribution in [2.24, 2.45) is 0 Å². The molecule has 2 aromatic carbocycles. The lowest BCUT2D eigenvalue weighted by Gasteiger charge is -2.27. The van der Waals surface area contributed by atoms with Gasteiger partial charge in [0, 0.05) is 18.2 Å². The highest BCUT2D eigenvalue weighted by molar-refractivity contribution is 6.00. The van der Waals surface area contributed by atoms with Crippen molar-refractivity contribution in [3.8, 4) is 23.2 Å². The lowest BCUT2D eigenvalue weighted by atomic mass is 9.96. The minimum Gasteiger partial charge on any atom is -0.444 e. The summed E-state index contributed by atoms with van der Waals surface area (Å²) in [5.74, 6) is -6.65. The highest BCUT2D eigenvalue weighted by atomic mass is 19.4. The number of aromatic nitrogens is 4. The number of alkyl carbamates (subject to hydrolysis) is 1. The van der Waals surface area contributed by atoms with Gasteiger partial charge in [-0.05, 0) is 70.5 Å². The molecule has 2 aromatic heterocycles. The van der Waals surface area contributed by atoms with E-state index in [4.69, 9.17) is 9.15 Å². The topological polar surface area (TPSA) is 139 Å². The molecule has 0 fully saturated rings. The van der Waals surface area contributed by atoms with Crippen LogP contribution in [-0.2, 0) is 33.6 Å². The molecule has 1 aliphatic rings.